The van der Waals surface area contributed by atoms with Gasteiger partial charge >= 0.3 is 11.9 Å². The van der Waals surface area contributed by atoms with Gasteiger partial charge in [-0.1, -0.05) is 39.7 Å². The van der Waals surface area contributed by atoms with Crippen LogP contribution in [0.4, 0.5) is 0 Å². The fourth-order valence-electron chi connectivity index (χ4n) is 7.68. The fourth-order valence-corrected chi connectivity index (χ4v) is 8.70. The second kappa shape index (κ2) is 10.8. The third-order valence-electron chi connectivity index (χ3n) is 10.9. The number of ether oxygens (including phenoxy) is 2. The number of aliphatic hydroxyl groups is 1. The first-order valence-corrected chi connectivity index (χ1v) is 17.9. The molecule has 220 valence electrons. The van der Waals surface area contributed by atoms with Gasteiger partial charge in [0, 0.05) is 5.41 Å². The Morgan fingerprint density at radius 2 is 1.75 bits per heavy atom. The minimum absolute atomic E-state index is 0.0143. The molecule has 3 aliphatic rings. The van der Waals surface area contributed by atoms with Crippen molar-refractivity contribution in [3.63, 3.8) is 0 Å². The molecule has 40 heavy (non-hydrogen) atoms. The van der Waals surface area contributed by atoms with Crippen LogP contribution in [0.2, 0.25) is 18.1 Å². The molecule has 0 saturated heterocycles. The van der Waals surface area contributed by atoms with Crippen molar-refractivity contribution in [2.24, 2.45) is 29.1 Å². The van der Waals surface area contributed by atoms with Crippen molar-refractivity contribution in [1.82, 2.24) is 0 Å². The van der Waals surface area contributed by atoms with E-state index in [9.17, 15) is 14.7 Å². The van der Waals surface area contributed by atoms with Gasteiger partial charge in [0.1, 0.15) is 11.4 Å². The number of benzene rings is 1. The van der Waals surface area contributed by atoms with Gasteiger partial charge in [-0.25, -0.2) is 0 Å². The molecular weight excluding hydrogens is 520 g/mol. The Labute approximate surface area is 241 Å². The molecule has 3 unspecified atom stereocenters. The summed E-state index contributed by atoms with van der Waals surface area (Å²) >= 11 is 0. The van der Waals surface area contributed by atoms with Gasteiger partial charge in [-0.2, -0.15) is 0 Å². The molecule has 0 amide bonds. The van der Waals surface area contributed by atoms with E-state index in [2.05, 4.69) is 64.9 Å². The van der Waals surface area contributed by atoms with Crippen molar-refractivity contribution in [1.29, 1.82) is 0 Å². The van der Waals surface area contributed by atoms with Crippen LogP contribution in [0.3, 0.4) is 0 Å². The van der Waals surface area contributed by atoms with Gasteiger partial charge in [0.2, 0.25) is 8.32 Å². The number of carbonyl (C=O) groups is 2. The highest BCUT2D eigenvalue weighted by Gasteiger charge is 2.64. The van der Waals surface area contributed by atoms with Crippen LogP contribution < -0.4 is 4.43 Å². The molecule has 6 nitrogen and oxygen atoms in total. The Hall–Kier alpha value is -2.30. The highest BCUT2D eigenvalue weighted by molar-refractivity contribution is 6.74. The molecule has 0 bridgehead atoms. The lowest BCUT2D eigenvalue weighted by Gasteiger charge is -2.55. The number of hydrogen-bond donors (Lipinski definition) is 1. The van der Waals surface area contributed by atoms with Gasteiger partial charge in [0.05, 0.1) is 13.2 Å². The second-order valence-electron chi connectivity index (χ2n) is 13.9. The zero-order valence-electron chi connectivity index (χ0n) is 25.6. The predicted molar refractivity (Wildman–Crippen MR) is 158 cm³/mol. The number of carbonyl (C=O) groups excluding carboxylic acids is 2. The Balaban J connectivity index is 1.83. The Morgan fingerprint density at radius 3 is 2.30 bits per heavy atom. The molecule has 2 saturated carbocycles. The van der Waals surface area contributed by atoms with E-state index < -0.39 is 37.2 Å². The van der Waals surface area contributed by atoms with Crippen LogP contribution in [-0.4, -0.2) is 44.2 Å². The number of hydrogen-bond acceptors (Lipinski definition) is 6. The fraction of sp³-hybridized carbons (Fsp3) is 0.697. The van der Waals surface area contributed by atoms with Crippen LogP contribution >= 0.6 is 0 Å². The minimum Gasteiger partial charge on any atom is -0.543 e. The van der Waals surface area contributed by atoms with Gasteiger partial charge < -0.3 is 19.0 Å². The lowest BCUT2D eigenvalue weighted by molar-refractivity contribution is -0.168. The maximum absolute atomic E-state index is 13.4. The first kappa shape index (κ1) is 30.7. The maximum Gasteiger partial charge on any atom is 0.320 e. The Kier molecular flexibility index (Phi) is 8.30. The quantitative estimate of drug-likeness (QED) is 0.181. The summed E-state index contributed by atoms with van der Waals surface area (Å²) in [7, 11) is -2.06. The standard InChI is InChI=1S/C33H48O6Si/c1-10-33(36)18-16-26-27-24(15-17-32(26,33)7)23-14-13-22(39-40(8,9)31(4,5)6)19-21(23)20-25(27)28(29(34)37-11-2)30(35)38-12-3/h1,13-14,19,24-28,36H,11-12,15-18,20H2,2-9H3/t24?,25-,26?,27?,32+,33+/m1/s1. The lowest BCUT2D eigenvalue weighted by Crippen LogP contribution is -2.54. The van der Waals surface area contributed by atoms with E-state index >= 15 is 0 Å². The molecule has 0 aliphatic heterocycles. The molecule has 0 aromatic heterocycles. The van der Waals surface area contributed by atoms with E-state index in [4.69, 9.17) is 20.3 Å². The van der Waals surface area contributed by atoms with E-state index in [0.717, 1.165) is 30.6 Å². The van der Waals surface area contributed by atoms with Gasteiger partial charge in [0.15, 0.2) is 5.92 Å². The molecule has 7 heteroatoms. The van der Waals surface area contributed by atoms with Crippen molar-refractivity contribution >= 4 is 20.3 Å². The molecule has 1 aromatic carbocycles. The van der Waals surface area contributed by atoms with Crippen LogP contribution in [0.15, 0.2) is 18.2 Å². The van der Waals surface area contributed by atoms with Crippen molar-refractivity contribution in [2.45, 2.75) is 103 Å². The van der Waals surface area contributed by atoms with Crippen LogP contribution in [0.5, 0.6) is 5.75 Å². The third-order valence-corrected chi connectivity index (χ3v) is 15.2. The van der Waals surface area contributed by atoms with Gasteiger partial charge in [-0.3, -0.25) is 9.59 Å². The number of terminal acetylenes is 1. The summed E-state index contributed by atoms with van der Waals surface area (Å²) < 4.78 is 17.6. The molecule has 0 spiro atoms. The van der Waals surface area contributed by atoms with E-state index in [1.807, 2.05) is 0 Å². The molecular formula is C33H48O6Si. The van der Waals surface area contributed by atoms with Crippen molar-refractivity contribution < 1.29 is 28.6 Å². The zero-order chi connectivity index (χ0) is 29.7. The zero-order valence-corrected chi connectivity index (χ0v) is 26.6. The summed E-state index contributed by atoms with van der Waals surface area (Å²) in [5, 5.41) is 11.6. The van der Waals surface area contributed by atoms with Crippen LogP contribution in [0.1, 0.15) is 84.3 Å². The monoisotopic (exact) mass is 568 g/mol. The Bertz CT molecular complexity index is 1160. The molecule has 2 fully saturated rings. The first-order chi connectivity index (χ1) is 18.6. The number of esters is 2. The number of rotatable bonds is 7. The van der Waals surface area contributed by atoms with Crippen molar-refractivity contribution in [3.8, 4) is 18.1 Å². The summed E-state index contributed by atoms with van der Waals surface area (Å²) in [6.07, 6.45) is 9.35. The summed E-state index contributed by atoms with van der Waals surface area (Å²) in [5.41, 5.74) is 0.693. The van der Waals surface area contributed by atoms with Crippen LogP contribution in [-0.2, 0) is 25.5 Å². The summed E-state index contributed by atoms with van der Waals surface area (Å²) in [5.74, 6) is 1.34. The third kappa shape index (κ3) is 5.00. The number of fused-ring (bicyclic) bond motifs is 5. The molecule has 0 heterocycles. The molecule has 3 aliphatic carbocycles. The largest absolute Gasteiger partial charge is 0.543 e. The smallest absolute Gasteiger partial charge is 0.320 e. The molecule has 1 aromatic rings. The van der Waals surface area contributed by atoms with Crippen molar-refractivity contribution in [3.05, 3.63) is 29.3 Å². The van der Waals surface area contributed by atoms with Gasteiger partial charge in [-0.15, -0.1) is 6.42 Å². The average Bonchev–Trinajstić information content (AvgIpc) is 3.14. The first-order valence-electron chi connectivity index (χ1n) is 15.0. The van der Waals surface area contributed by atoms with E-state index in [-0.39, 0.29) is 41.9 Å². The molecule has 6 atom stereocenters. The Morgan fingerprint density at radius 1 is 1.12 bits per heavy atom. The van der Waals surface area contributed by atoms with Gasteiger partial charge in [0.25, 0.3) is 0 Å². The minimum atomic E-state index is -2.06. The summed E-state index contributed by atoms with van der Waals surface area (Å²) in [6.45, 7) is 17.1. The summed E-state index contributed by atoms with van der Waals surface area (Å²) in [6, 6.07) is 6.41. The van der Waals surface area contributed by atoms with E-state index in [0.29, 0.717) is 12.8 Å². The molecule has 0 radical (unpaired) electrons. The maximum atomic E-state index is 13.4. The highest BCUT2D eigenvalue weighted by Crippen LogP contribution is 2.66. The molecule has 4 rings (SSSR count). The van der Waals surface area contributed by atoms with E-state index in [1.165, 1.54) is 5.56 Å². The predicted octanol–water partition coefficient (Wildman–Crippen LogP) is 6.26. The SMILES string of the molecule is C#C[C@]1(O)CCC2C3C(CC[C@@]21C)c1ccc(O[Si](C)(C)C(C)(C)C)cc1C[C@H]3C(C(=O)OCC)C(=O)OCC. The van der Waals surface area contributed by atoms with Gasteiger partial charge in [-0.05, 0) is 111 Å². The van der Waals surface area contributed by atoms with Crippen molar-refractivity contribution in [2.75, 3.05) is 13.2 Å². The second-order valence-corrected chi connectivity index (χ2v) is 18.6. The van der Waals surface area contributed by atoms with Crippen LogP contribution in [0, 0.1) is 41.4 Å². The van der Waals surface area contributed by atoms with Crippen LogP contribution in [0.25, 0.3) is 0 Å². The lowest BCUT2D eigenvalue weighted by atomic mass is 9.49. The van der Waals surface area contributed by atoms with E-state index in [1.54, 1.807) is 13.8 Å². The summed E-state index contributed by atoms with van der Waals surface area (Å²) in [4.78, 5) is 26.9. The normalized spacial score (nSPS) is 31.4. The topological polar surface area (TPSA) is 82.1 Å². The highest BCUT2D eigenvalue weighted by atomic mass is 28.4. The molecule has 1 N–H and O–H groups in total. The average molecular weight is 569 g/mol.